The zero-order chi connectivity index (χ0) is 24.8. The molecule has 3 aromatic carbocycles. The summed E-state index contributed by atoms with van der Waals surface area (Å²) in [6.45, 7) is 0. The Morgan fingerprint density at radius 1 is 0.706 bits per heavy atom. The fourth-order valence-electron chi connectivity index (χ4n) is 2.92. The first-order valence-electron chi connectivity index (χ1n) is 9.60. The lowest BCUT2D eigenvalue weighted by Crippen LogP contribution is -2.03. The highest BCUT2D eigenvalue weighted by Crippen LogP contribution is 2.29. The molecule has 0 unspecified atom stereocenters. The van der Waals surface area contributed by atoms with Crippen LogP contribution in [-0.2, 0) is 25.0 Å². The average Bonchev–Trinajstić information content (AvgIpc) is 3.21. The van der Waals surface area contributed by atoms with E-state index in [0.29, 0.717) is 16.7 Å². The van der Waals surface area contributed by atoms with Crippen molar-refractivity contribution >= 4 is 42.7 Å². The molecule has 1 heterocycles. The Hall–Kier alpha value is -3.77. The maximum atomic E-state index is 11.4. The normalized spacial score (nSPS) is 14.1. The molecule has 0 atom stereocenters. The molecule has 4 rings (SSSR count). The summed E-state index contributed by atoms with van der Waals surface area (Å²) < 4.78 is 62.9. The predicted octanol–water partition coefficient (Wildman–Crippen LogP) is 4.31. The lowest BCUT2D eigenvalue weighted by atomic mass is 10.1. The minimum atomic E-state index is -4.53. The molecule has 1 aliphatic heterocycles. The number of nitrogens with zero attached hydrogens (tertiary/aromatic N) is 2. The summed E-state index contributed by atoms with van der Waals surface area (Å²) in [4.78, 5) is 11.2. The van der Waals surface area contributed by atoms with Gasteiger partial charge < -0.3 is 0 Å². The van der Waals surface area contributed by atoms with Crippen LogP contribution in [-0.4, -0.2) is 31.8 Å². The second-order valence-electron chi connectivity index (χ2n) is 6.79. The van der Waals surface area contributed by atoms with Gasteiger partial charge in [0.2, 0.25) is 5.03 Å². The quantitative estimate of drug-likeness (QED) is 0.393. The average molecular weight is 499 g/mol. The van der Waals surface area contributed by atoms with Gasteiger partial charge in [-0.1, -0.05) is 91.0 Å². The second-order valence-corrected chi connectivity index (χ2v) is 9.51. The minimum Gasteiger partial charge on any atom is -0.282 e. The van der Waals surface area contributed by atoms with Crippen molar-refractivity contribution in [1.29, 1.82) is 0 Å². The van der Waals surface area contributed by atoms with Crippen molar-refractivity contribution in [1.82, 2.24) is 0 Å². The Bertz CT molecular complexity index is 1480. The maximum absolute atomic E-state index is 11.4. The Morgan fingerprint density at radius 2 is 1.21 bits per heavy atom. The molecule has 2 N–H and O–H groups in total. The van der Waals surface area contributed by atoms with Crippen molar-refractivity contribution in [2.24, 2.45) is 10.2 Å². The maximum Gasteiger partial charge on any atom is 0.314 e. The molecule has 9 nitrogen and oxygen atoms in total. The van der Waals surface area contributed by atoms with Crippen LogP contribution in [0.1, 0.15) is 16.7 Å². The zero-order valence-electron chi connectivity index (χ0n) is 17.4. The van der Waals surface area contributed by atoms with Gasteiger partial charge in [0.05, 0.1) is 5.57 Å². The van der Waals surface area contributed by atoms with Gasteiger partial charge in [0, 0.05) is 0 Å². The topological polar surface area (TPSA) is 151 Å². The second kappa shape index (κ2) is 10.4. The highest BCUT2D eigenvalue weighted by Gasteiger charge is 2.30. The number of benzene rings is 3. The molecule has 0 fully saturated rings. The van der Waals surface area contributed by atoms with Crippen molar-refractivity contribution in [3.05, 3.63) is 113 Å². The molecule has 0 saturated heterocycles. The molecule has 1 amide bonds. The first kappa shape index (κ1) is 24.9. The van der Waals surface area contributed by atoms with E-state index < -0.39 is 31.2 Å². The summed E-state index contributed by atoms with van der Waals surface area (Å²) in [7, 11) is -8.79. The Kier molecular flexibility index (Phi) is 7.64. The van der Waals surface area contributed by atoms with Crippen LogP contribution < -0.4 is 0 Å². The van der Waals surface area contributed by atoms with Crippen molar-refractivity contribution in [3.8, 4) is 0 Å². The van der Waals surface area contributed by atoms with Crippen LogP contribution in [0.2, 0.25) is 0 Å². The number of hydrogen-bond donors (Lipinski definition) is 2. The summed E-state index contributed by atoms with van der Waals surface area (Å²) in [6, 6.07) is 25.6. The molecule has 0 spiro atoms. The summed E-state index contributed by atoms with van der Waals surface area (Å²) in [5.74, 6) is -0.779. The van der Waals surface area contributed by atoms with Crippen LogP contribution in [0.3, 0.4) is 0 Å². The third-order valence-electron chi connectivity index (χ3n) is 4.40. The van der Waals surface area contributed by atoms with Crippen LogP contribution in [0.25, 0.3) is 16.6 Å². The van der Waals surface area contributed by atoms with Crippen LogP contribution in [0.15, 0.2) is 106 Å². The van der Waals surface area contributed by atoms with E-state index in [1.54, 1.807) is 72.8 Å². The van der Waals surface area contributed by atoms with Crippen LogP contribution in [0, 0.1) is 0 Å². The molecule has 3 aromatic rings. The molecule has 0 aliphatic carbocycles. The Labute approximate surface area is 196 Å². The van der Waals surface area contributed by atoms with Crippen LogP contribution >= 0.6 is 0 Å². The third-order valence-corrected chi connectivity index (χ3v) is 6.08. The number of rotatable bonds is 5. The molecule has 0 radical (unpaired) electrons. The number of amides is 1. The largest absolute Gasteiger partial charge is 0.314 e. The van der Waals surface area contributed by atoms with Gasteiger partial charge in [-0.25, -0.2) is 0 Å². The molecule has 0 aromatic heterocycles. The summed E-state index contributed by atoms with van der Waals surface area (Å²) in [6.07, 6.45) is 1.45. The molecule has 174 valence electrons. The first-order chi connectivity index (χ1) is 16.1. The number of azo groups is 1. The number of hydrogen-bond acceptors (Lipinski definition) is 6. The molecular formula is C23H18N2O7S2. The lowest BCUT2D eigenvalue weighted by Gasteiger charge is -2.04. The fourth-order valence-corrected chi connectivity index (χ4v) is 4.25. The van der Waals surface area contributed by atoms with Gasteiger partial charge in [-0.3, -0.25) is 13.9 Å². The summed E-state index contributed by atoms with van der Waals surface area (Å²) >= 11 is 0. The van der Waals surface area contributed by atoms with Gasteiger partial charge in [0.1, 0.15) is 4.91 Å². The van der Waals surface area contributed by atoms with E-state index in [1.165, 1.54) is 18.2 Å². The zero-order valence-corrected chi connectivity index (χ0v) is 19.0. The van der Waals surface area contributed by atoms with Gasteiger partial charge in [-0.05, 0) is 22.8 Å². The van der Waals surface area contributed by atoms with Crippen molar-refractivity contribution in [2.45, 2.75) is 0 Å². The van der Waals surface area contributed by atoms with E-state index in [-0.39, 0.29) is 10.5 Å². The van der Waals surface area contributed by atoms with Gasteiger partial charge in [-0.2, -0.15) is 16.8 Å². The molecular weight excluding hydrogens is 480 g/mol. The summed E-state index contributed by atoms with van der Waals surface area (Å²) in [5, 5.41) is 5.57. The molecule has 1 aliphatic rings. The number of carbonyl (C=O) groups excluding carboxylic acids is 1. The van der Waals surface area contributed by atoms with E-state index in [9.17, 15) is 26.2 Å². The van der Waals surface area contributed by atoms with E-state index >= 15 is 0 Å². The SMILES string of the molecule is O=C1N=NC(S(=O)(=O)O)=C1c1ccccc1.O=S(=O)(O)C(=Cc1ccccc1)c1ccccc1. The highest BCUT2D eigenvalue weighted by molar-refractivity contribution is 7.95. The standard InChI is InChI=1S/C14H12O3S.C9H6N2O4S/c15-18(16,17)14(13-9-5-2-6-10-13)11-12-7-3-1-4-8-12;12-8-7(6-4-2-1-3-5-6)9(11-10-8)16(13,14)15/h1-11H,(H,15,16,17);1-5H,(H,13,14,15). The van der Waals surface area contributed by atoms with E-state index in [4.69, 9.17) is 4.55 Å². The first-order valence-corrected chi connectivity index (χ1v) is 12.5. The van der Waals surface area contributed by atoms with Gasteiger partial charge in [0.15, 0.2) is 0 Å². The van der Waals surface area contributed by atoms with Crippen LogP contribution in [0.5, 0.6) is 0 Å². The molecule has 0 saturated carbocycles. The summed E-state index contributed by atoms with van der Waals surface area (Å²) in [5.41, 5.74) is 1.33. The van der Waals surface area contributed by atoms with Gasteiger partial charge >= 0.3 is 10.1 Å². The van der Waals surface area contributed by atoms with Crippen molar-refractivity contribution in [2.75, 3.05) is 0 Å². The van der Waals surface area contributed by atoms with E-state index in [1.807, 2.05) is 6.07 Å². The van der Waals surface area contributed by atoms with Gasteiger partial charge in [0.25, 0.3) is 16.0 Å². The van der Waals surface area contributed by atoms with Crippen molar-refractivity contribution in [3.63, 3.8) is 0 Å². The molecule has 11 heteroatoms. The van der Waals surface area contributed by atoms with E-state index in [0.717, 1.165) is 0 Å². The fraction of sp³-hybridized carbons (Fsp3) is 0. The predicted molar refractivity (Wildman–Crippen MR) is 127 cm³/mol. The highest BCUT2D eigenvalue weighted by atomic mass is 32.2. The Morgan fingerprint density at radius 3 is 1.71 bits per heavy atom. The lowest BCUT2D eigenvalue weighted by molar-refractivity contribution is -0.112. The van der Waals surface area contributed by atoms with Crippen LogP contribution in [0.4, 0.5) is 0 Å². The smallest absolute Gasteiger partial charge is 0.282 e. The van der Waals surface area contributed by atoms with Crippen molar-refractivity contribution < 1.29 is 30.7 Å². The van der Waals surface area contributed by atoms with Gasteiger partial charge in [-0.15, -0.1) is 10.2 Å². The number of carbonyl (C=O) groups is 1. The third kappa shape index (κ3) is 6.39. The molecule has 34 heavy (non-hydrogen) atoms. The minimum absolute atomic E-state index is 0.102. The monoisotopic (exact) mass is 498 g/mol. The Balaban J connectivity index is 0.000000192. The molecule has 0 bridgehead atoms. The van der Waals surface area contributed by atoms with E-state index in [2.05, 4.69) is 10.2 Å².